The fraction of sp³-hybridized carbons (Fsp3) is 0.385. The largest absolute Gasteiger partial charge is 0.481 e. The zero-order valence-electron chi connectivity index (χ0n) is 21.2. The highest BCUT2D eigenvalue weighted by atomic mass is 127. The SMILES string of the molecule is CC(=O)N(C)c1c(I)c(C(=O)Nc2ccc(CCCCCCC(=O)O)cc2)c(I)c(N(C)C(C)=O)c1I. The molecule has 8 nitrogen and oxygen atoms in total. The molecule has 0 aliphatic heterocycles. The number of halogens is 3. The second kappa shape index (κ2) is 14.6. The third-order valence-electron chi connectivity index (χ3n) is 5.93. The van der Waals surface area contributed by atoms with E-state index in [9.17, 15) is 19.2 Å². The van der Waals surface area contributed by atoms with E-state index in [1.54, 1.807) is 14.1 Å². The van der Waals surface area contributed by atoms with Gasteiger partial charge in [-0.15, -0.1) is 0 Å². The number of hydrogen-bond donors (Lipinski definition) is 2. The van der Waals surface area contributed by atoms with Crippen LogP contribution in [0.15, 0.2) is 24.3 Å². The Morgan fingerprint density at radius 3 is 1.73 bits per heavy atom. The van der Waals surface area contributed by atoms with Crippen LogP contribution in [0, 0.1) is 10.7 Å². The minimum Gasteiger partial charge on any atom is -0.481 e. The molecule has 0 aliphatic carbocycles. The maximum absolute atomic E-state index is 13.5. The Hall–Kier alpha value is -1.49. The van der Waals surface area contributed by atoms with Crippen LogP contribution in [0.4, 0.5) is 17.1 Å². The molecule has 11 heteroatoms. The highest BCUT2D eigenvalue weighted by molar-refractivity contribution is 14.1. The summed E-state index contributed by atoms with van der Waals surface area (Å²) in [6, 6.07) is 7.66. The first kappa shape index (κ1) is 31.7. The molecule has 0 aliphatic rings. The number of carbonyl (C=O) groups is 4. The number of benzene rings is 2. The molecular formula is C26H30I3N3O5. The topological polar surface area (TPSA) is 107 Å². The number of rotatable bonds is 11. The average molecular weight is 845 g/mol. The third-order valence-corrected chi connectivity index (χ3v) is 9.05. The molecule has 0 spiro atoms. The van der Waals surface area contributed by atoms with E-state index < -0.39 is 5.97 Å². The van der Waals surface area contributed by atoms with Gasteiger partial charge in [-0.2, -0.15) is 0 Å². The van der Waals surface area contributed by atoms with Gasteiger partial charge in [0.1, 0.15) is 0 Å². The third kappa shape index (κ3) is 8.50. The summed E-state index contributed by atoms with van der Waals surface area (Å²) in [7, 11) is 3.30. The fourth-order valence-electron chi connectivity index (χ4n) is 3.65. The maximum atomic E-state index is 13.5. The molecule has 0 fully saturated rings. The van der Waals surface area contributed by atoms with Crippen LogP contribution >= 0.6 is 67.8 Å². The van der Waals surface area contributed by atoms with Gasteiger partial charge in [0.05, 0.1) is 27.6 Å². The van der Waals surface area contributed by atoms with Crippen LogP contribution in [0.25, 0.3) is 0 Å². The molecule has 0 radical (unpaired) electrons. The standard InChI is InChI=1S/C26H30I3N3O5/c1-15(33)31(3)24-21(27)20(22(28)25(23(24)29)32(4)16(2)34)26(37)30-18-13-11-17(12-14-18)9-7-5-6-8-10-19(35)36/h11-14H,5-10H2,1-4H3,(H,30,37)(H,35,36). The van der Waals surface area contributed by atoms with Crippen molar-refractivity contribution in [2.75, 3.05) is 29.2 Å². The molecule has 0 bridgehead atoms. The van der Waals surface area contributed by atoms with Gasteiger partial charge in [-0.25, -0.2) is 0 Å². The first-order valence-electron chi connectivity index (χ1n) is 11.7. The molecule has 0 aromatic heterocycles. The van der Waals surface area contributed by atoms with Crippen molar-refractivity contribution in [2.45, 2.75) is 52.4 Å². The van der Waals surface area contributed by atoms with E-state index in [1.807, 2.05) is 24.3 Å². The predicted octanol–water partition coefficient (Wildman–Crippen LogP) is 6.30. The Morgan fingerprint density at radius 1 is 0.784 bits per heavy atom. The Labute approximate surface area is 258 Å². The Balaban J connectivity index is 2.27. The van der Waals surface area contributed by atoms with E-state index in [2.05, 4.69) is 73.1 Å². The van der Waals surface area contributed by atoms with Crippen molar-refractivity contribution in [3.05, 3.63) is 46.1 Å². The van der Waals surface area contributed by atoms with E-state index in [0.717, 1.165) is 31.2 Å². The number of carboxylic acid groups (broad SMARTS) is 1. The number of aliphatic carboxylic acids is 1. The van der Waals surface area contributed by atoms with Crippen molar-refractivity contribution in [1.29, 1.82) is 0 Å². The highest BCUT2D eigenvalue weighted by Crippen LogP contribution is 2.42. The quantitative estimate of drug-likeness (QED) is 0.204. The van der Waals surface area contributed by atoms with E-state index in [0.29, 0.717) is 39.8 Å². The molecule has 0 heterocycles. The van der Waals surface area contributed by atoms with E-state index in [4.69, 9.17) is 5.11 Å². The van der Waals surface area contributed by atoms with Crippen LogP contribution in [-0.2, 0) is 20.8 Å². The van der Waals surface area contributed by atoms with Crippen molar-refractivity contribution in [2.24, 2.45) is 0 Å². The molecule has 2 aromatic carbocycles. The smallest absolute Gasteiger partial charge is 0.303 e. The van der Waals surface area contributed by atoms with Gasteiger partial charge < -0.3 is 20.2 Å². The molecular weight excluding hydrogens is 815 g/mol. The Bertz CT molecular complexity index is 1140. The number of nitrogens with zero attached hydrogens (tertiary/aromatic N) is 2. The number of amides is 3. The number of carbonyl (C=O) groups excluding carboxylic acids is 3. The van der Waals surface area contributed by atoms with Crippen molar-refractivity contribution < 1.29 is 24.3 Å². The summed E-state index contributed by atoms with van der Waals surface area (Å²) < 4.78 is 1.97. The fourth-order valence-corrected chi connectivity index (χ4v) is 8.75. The molecule has 2 rings (SSSR count). The molecule has 0 unspecified atom stereocenters. The number of unbranched alkanes of at least 4 members (excludes halogenated alkanes) is 3. The van der Waals surface area contributed by atoms with Crippen LogP contribution in [0.1, 0.15) is 61.9 Å². The summed E-state index contributed by atoms with van der Waals surface area (Å²) >= 11 is 6.30. The second-order valence-corrected chi connectivity index (χ2v) is 11.9. The lowest BCUT2D eigenvalue weighted by atomic mass is 10.0. The summed E-state index contributed by atoms with van der Waals surface area (Å²) in [5.74, 6) is -1.45. The average Bonchev–Trinajstić information content (AvgIpc) is 2.81. The van der Waals surface area contributed by atoms with Gasteiger partial charge in [-0.05, 0) is 105 Å². The van der Waals surface area contributed by atoms with Crippen molar-refractivity contribution in [1.82, 2.24) is 0 Å². The molecule has 0 saturated heterocycles. The molecule has 3 amide bonds. The monoisotopic (exact) mass is 845 g/mol. The number of hydrogen-bond acceptors (Lipinski definition) is 4. The Kier molecular flexibility index (Phi) is 12.5. The summed E-state index contributed by atoms with van der Waals surface area (Å²) in [4.78, 5) is 51.5. The lowest BCUT2D eigenvalue weighted by Crippen LogP contribution is -2.31. The molecule has 200 valence electrons. The zero-order valence-corrected chi connectivity index (χ0v) is 27.6. The lowest BCUT2D eigenvalue weighted by molar-refractivity contribution is -0.137. The summed E-state index contributed by atoms with van der Waals surface area (Å²) in [6.45, 7) is 2.91. The summed E-state index contributed by atoms with van der Waals surface area (Å²) in [5, 5.41) is 11.7. The molecule has 2 aromatic rings. The van der Waals surface area contributed by atoms with E-state index in [1.165, 1.54) is 23.6 Å². The molecule has 0 atom stereocenters. The maximum Gasteiger partial charge on any atom is 0.303 e. The minimum absolute atomic E-state index is 0.183. The van der Waals surface area contributed by atoms with Crippen LogP contribution < -0.4 is 15.1 Å². The number of anilines is 3. The van der Waals surface area contributed by atoms with Gasteiger partial charge in [0.15, 0.2) is 0 Å². The van der Waals surface area contributed by atoms with E-state index in [-0.39, 0.29) is 24.1 Å². The minimum atomic E-state index is -0.753. The number of aryl methyl sites for hydroxylation is 1. The van der Waals surface area contributed by atoms with E-state index >= 15 is 0 Å². The highest BCUT2D eigenvalue weighted by Gasteiger charge is 2.29. The van der Waals surface area contributed by atoms with Crippen LogP contribution in [0.3, 0.4) is 0 Å². The van der Waals surface area contributed by atoms with Crippen LogP contribution in [-0.4, -0.2) is 42.9 Å². The predicted molar refractivity (Wildman–Crippen MR) is 172 cm³/mol. The first-order chi connectivity index (χ1) is 17.4. The van der Waals surface area contributed by atoms with Gasteiger partial charge in [0.2, 0.25) is 11.8 Å². The zero-order chi connectivity index (χ0) is 27.9. The van der Waals surface area contributed by atoms with Gasteiger partial charge in [0, 0.05) is 40.1 Å². The second-order valence-electron chi connectivity index (χ2n) is 8.63. The normalized spacial score (nSPS) is 10.7. The van der Waals surface area contributed by atoms with Crippen molar-refractivity contribution >= 4 is 109 Å². The van der Waals surface area contributed by atoms with Crippen molar-refractivity contribution in [3.8, 4) is 0 Å². The van der Waals surface area contributed by atoms with Crippen molar-refractivity contribution in [3.63, 3.8) is 0 Å². The van der Waals surface area contributed by atoms with Crippen LogP contribution in [0.2, 0.25) is 0 Å². The first-order valence-corrected chi connectivity index (χ1v) is 14.9. The van der Waals surface area contributed by atoms with Gasteiger partial charge in [-0.1, -0.05) is 25.0 Å². The Morgan fingerprint density at radius 2 is 1.27 bits per heavy atom. The molecule has 2 N–H and O–H groups in total. The lowest BCUT2D eigenvalue weighted by Gasteiger charge is -2.27. The number of nitrogens with one attached hydrogen (secondary N) is 1. The van der Waals surface area contributed by atoms with Gasteiger partial charge in [0.25, 0.3) is 5.91 Å². The number of carboxylic acids is 1. The summed E-state index contributed by atoms with van der Waals surface area (Å²) in [5.41, 5.74) is 3.36. The van der Waals surface area contributed by atoms with Gasteiger partial charge in [-0.3, -0.25) is 19.2 Å². The summed E-state index contributed by atoms with van der Waals surface area (Å²) in [6.07, 6.45) is 4.65. The molecule has 37 heavy (non-hydrogen) atoms. The molecule has 0 saturated carbocycles. The van der Waals surface area contributed by atoms with Gasteiger partial charge >= 0.3 is 5.97 Å². The van der Waals surface area contributed by atoms with Crippen LogP contribution in [0.5, 0.6) is 0 Å².